The molecule has 1 aromatic heterocycles. The molecule has 0 radical (unpaired) electrons. The highest BCUT2D eigenvalue weighted by molar-refractivity contribution is 5.95. The first-order chi connectivity index (χ1) is 17.7. The highest BCUT2D eigenvalue weighted by Gasteiger charge is 2.22. The number of hydrogen-bond donors (Lipinski definition) is 5. The number of aromatic carboxylic acids is 1. The molecule has 0 aliphatic carbocycles. The molecular weight excluding hydrogens is 483 g/mol. The van der Waals surface area contributed by atoms with Crippen molar-refractivity contribution in [2.75, 3.05) is 19.5 Å². The number of rotatable bonds is 9. The lowest BCUT2D eigenvalue weighted by Gasteiger charge is -2.18. The highest BCUT2D eigenvalue weighted by Crippen LogP contribution is 2.41. The monoisotopic (exact) mass is 506 g/mol. The molecule has 190 valence electrons. The third-order valence-electron chi connectivity index (χ3n) is 5.53. The Hall–Kier alpha value is -5.13. The average molecular weight is 506 g/mol. The summed E-state index contributed by atoms with van der Waals surface area (Å²) in [6.07, 6.45) is -0.137. The second-order valence-electron chi connectivity index (χ2n) is 7.86. The van der Waals surface area contributed by atoms with Crippen LogP contribution >= 0.6 is 0 Å². The van der Waals surface area contributed by atoms with Gasteiger partial charge in [-0.05, 0) is 42.5 Å². The first-order valence-corrected chi connectivity index (χ1v) is 10.9. The van der Waals surface area contributed by atoms with E-state index in [0.29, 0.717) is 11.3 Å². The predicted molar refractivity (Wildman–Crippen MR) is 134 cm³/mol. The van der Waals surface area contributed by atoms with E-state index in [2.05, 4.69) is 15.4 Å². The van der Waals surface area contributed by atoms with Gasteiger partial charge in [0.1, 0.15) is 17.3 Å². The minimum atomic E-state index is -1.22. The van der Waals surface area contributed by atoms with Gasteiger partial charge in [-0.15, -0.1) is 5.10 Å². The largest absolute Gasteiger partial charge is 0.493 e. The zero-order valence-corrected chi connectivity index (χ0v) is 19.8. The normalized spacial score (nSPS) is 10.7. The van der Waals surface area contributed by atoms with Gasteiger partial charge in [-0.1, -0.05) is 12.1 Å². The molecule has 0 saturated carbocycles. The topological polar surface area (TPSA) is 168 Å². The number of nitrogens with zero attached hydrogens (tertiary/aromatic N) is 2. The number of carbonyl (C=O) groups is 1. The van der Waals surface area contributed by atoms with Crippen LogP contribution in [-0.4, -0.2) is 45.9 Å². The molecule has 0 amide bonds. The van der Waals surface area contributed by atoms with Crippen LogP contribution in [0.15, 0.2) is 59.4 Å². The Labute approximate surface area is 209 Å². The maximum atomic E-state index is 15.8. The molecule has 0 fully saturated rings. The number of benzene rings is 3. The highest BCUT2D eigenvalue weighted by atomic mass is 19.1. The number of H-pyrrole nitrogens is 1. The molecule has 11 nitrogen and oxygen atoms in total. The number of amidine groups is 1. The Bertz CT molecular complexity index is 1540. The summed E-state index contributed by atoms with van der Waals surface area (Å²) in [7, 11) is 2.78. The molecule has 4 aromatic rings. The standard InChI is InChI=1S/C25H23FN6O5/c1-36-18-11-14(12-19-30-25(35)32(31-19)17-6-4-3-5-16(17)24(33)34)20(26)21(22(18)37-2)29-15-9-7-13(8-10-15)23(27)28/h3-11,29H,12H2,1-2H3,(H3,27,28)(H,33,34)(H,30,31,35). The number of ether oxygens (including phenoxy) is 2. The lowest BCUT2D eigenvalue weighted by Crippen LogP contribution is -2.18. The van der Waals surface area contributed by atoms with E-state index in [-0.39, 0.29) is 52.1 Å². The van der Waals surface area contributed by atoms with Gasteiger partial charge < -0.3 is 25.6 Å². The summed E-state index contributed by atoms with van der Waals surface area (Å²) >= 11 is 0. The van der Waals surface area contributed by atoms with Crippen LogP contribution in [0.3, 0.4) is 0 Å². The molecule has 0 atom stereocenters. The van der Waals surface area contributed by atoms with Gasteiger partial charge in [0.2, 0.25) is 0 Å². The van der Waals surface area contributed by atoms with Crippen LogP contribution in [0.2, 0.25) is 0 Å². The van der Waals surface area contributed by atoms with Crippen molar-refractivity contribution in [3.8, 4) is 17.2 Å². The molecule has 6 N–H and O–H groups in total. The number of nitrogens with two attached hydrogens (primary N) is 1. The second-order valence-corrected chi connectivity index (χ2v) is 7.86. The lowest BCUT2D eigenvalue weighted by atomic mass is 10.1. The van der Waals surface area contributed by atoms with Gasteiger partial charge in [0.15, 0.2) is 17.3 Å². The number of aromatic nitrogens is 3. The minimum absolute atomic E-state index is 0.00886. The Morgan fingerprint density at radius 2 is 1.89 bits per heavy atom. The number of anilines is 2. The fourth-order valence-corrected chi connectivity index (χ4v) is 3.77. The number of carboxylic acid groups (broad SMARTS) is 1. The number of methoxy groups -OCH3 is 2. The van der Waals surface area contributed by atoms with E-state index in [4.69, 9.17) is 20.6 Å². The van der Waals surface area contributed by atoms with Crippen molar-refractivity contribution in [1.29, 1.82) is 5.41 Å². The molecule has 0 saturated heterocycles. The van der Waals surface area contributed by atoms with E-state index in [0.717, 1.165) is 4.68 Å². The van der Waals surface area contributed by atoms with Gasteiger partial charge in [-0.3, -0.25) is 10.4 Å². The summed E-state index contributed by atoms with van der Waals surface area (Å²) in [6.45, 7) is 0. The zero-order chi connectivity index (χ0) is 26.7. The first-order valence-electron chi connectivity index (χ1n) is 10.9. The second kappa shape index (κ2) is 10.2. The Morgan fingerprint density at radius 3 is 2.51 bits per heavy atom. The Morgan fingerprint density at radius 1 is 1.19 bits per heavy atom. The fourth-order valence-electron chi connectivity index (χ4n) is 3.77. The quantitative estimate of drug-likeness (QED) is 0.170. The van der Waals surface area contributed by atoms with Crippen molar-refractivity contribution >= 4 is 23.2 Å². The third-order valence-corrected chi connectivity index (χ3v) is 5.53. The van der Waals surface area contributed by atoms with Crippen molar-refractivity contribution in [2.45, 2.75) is 6.42 Å². The molecule has 0 aliphatic heterocycles. The zero-order valence-electron chi connectivity index (χ0n) is 19.8. The lowest BCUT2D eigenvalue weighted by molar-refractivity contribution is 0.0696. The molecule has 0 aliphatic rings. The minimum Gasteiger partial charge on any atom is -0.493 e. The summed E-state index contributed by atoms with van der Waals surface area (Å²) in [5.74, 6) is -1.53. The van der Waals surface area contributed by atoms with Crippen LogP contribution in [0.5, 0.6) is 11.5 Å². The van der Waals surface area contributed by atoms with Crippen LogP contribution in [0, 0.1) is 11.2 Å². The molecule has 12 heteroatoms. The number of nitrogens with one attached hydrogen (secondary N) is 3. The van der Waals surface area contributed by atoms with E-state index < -0.39 is 17.5 Å². The summed E-state index contributed by atoms with van der Waals surface area (Å²) < 4.78 is 27.5. The molecule has 3 aromatic carbocycles. The van der Waals surface area contributed by atoms with Crippen LogP contribution in [0.4, 0.5) is 15.8 Å². The van der Waals surface area contributed by atoms with Gasteiger partial charge in [0.05, 0.1) is 25.5 Å². The Balaban J connectivity index is 1.73. The van der Waals surface area contributed by atoms with Gasteiger partial charge >= 0.3 is 11.7 Å². The summed E-state index contributed by atoms with van der Waals surface area (Å²) in [4.78, 5) is 26.7. The SMILES string of the molecule is COc1cc(Cc2nn(-c3ccccc3C(=O)O)c(=O)[nH]2)c(F)c(Nc2ccc(C(=N)N)cc2)c1OC. The number of para-hydroxylation sites is 1. The van der Waals surface area contributed by atoms with Gasteiger partial charge in [0.25, 0.3) is 0 Å². The van der Waals surface area contributed by atoms with Crippen molar-refractivity contribution in [3.63, 3.8) is 0 Å². The third kappa shape index (κ3) is 4.98. The van der Waals surface area contributed by atoms with Crippen LogP contribution < -0.4 is 26.2 Å². The maximum absolute atomic E-state index is 15.8. The first kappa shape index (κ1) is 25.0. The van der Waals surface area contributed by atoms with E-state index in [1.165, 1.54) is 38.5 Å². The average Bonchev–Trinajstić information content (AvgIpc) is 3.26. The summed E-state index contributed by atoms with van der Waals surface area (Å²) in [5.41, 5.74) is 5.92. The molecule has 4 rings (SSSR count). The van der Waals surface area contributed by atoms with Gasteiger partial charge in [-0.25, -0.2) is 14.0 Å². The summed E-state index contributed by atoms with van der Waals surface area (Å²) in [5, 5.41) is 24.1. The number of carboxylic acids is 1. The number of halogens is 1. The number of hydrogen-bond acceptors (Lipinski definition) is 7. The Kier molecular flexibility index (Phi) is 6.91. The molecule has 1 heterocycles. The van der Waals surface area contributed by atoms with Crippen molar-refractivity contribution < 1.29 is 23.8 Å². The van der Waals surface area contributed by atoms with Crippen LogP contribution in [0.25, 0.3) is 5.69 Å². The van der Waals surface area contributed by atoms with E-state index in [9.17, 15) is 14.7 Å². The van der Waals surface area contributed by atoms with Crippen molar-refractivity contribution in [2.24, 2.45) is 5.73 Å². The van der Waals surface area contributed by atoms with E-state index >= 15 is 4.39 Å². The molecule has 0 unspecified atom stereocenters. The van der Waals surface area contributed by atoms with Crippen LogP contribution in [0.1, 0.15) is 27.3 Å². The van der Waals surface area contributed by atoms with Gasteiger partial charge in [-0.2, -0.15) is 4.68 Å². The van der Waals surface area contributed by atoms with E-state index in [1.54, 1.807) is 30.3 Å². The number of aromatic amines is 1. The fraction of sp³-hybridized carbons (Fsp3) is 0.120. The maximum Gasteiger partial charge on any atom is 0.348 e. The van der Waals surface area contributed by atoms with Crippen molar-refractivity contribution in [1.82, 2.24) is 14.8 Å². The van der Waals surface area contributed by atoms with Gasteiger partial charge in [0, 0.05) is 23.2 Å². The predicted octanol–water partition coefficient (Wildman–Crippen LogP) is 3.03. The van der Waals surface area contributed by atoms with Crippen molar-refractivity contribution in [3.05, 3.63) is 93.4 Å². The molecule has 0 spiro atoms. The molecule has 37 heavy (non-hydrogen) atoms. The summed E-state index contributed by atoms with van der Waals surface area (Å²) in [6, 6.07) is 13.8. The smallest absolute Gasteiger partial charge is 0.348 e. The number of nitrogen functional groups attached to an aromatic ring is 1. The molecule has 0 bridgehead atoms. The van der Waals surface area contributed by atoms with E-state index in [1.807, 2.05) is 0 Å². The molecular formula is C25H23FN6O5. The van der Waals surface area contributed by atoms with Crippen LogP contribution in [-0.2, 0) is 6.42 Å².